The Bertz CT molecular complexity index is 1130. The quantitative estimate of drug-likeness (QED) is 0.655. The third-order valence-electron chi connectivity index (χ3n) is 5.26. The third-order valence-corrected chi connectivity index (χ3v) is 5.26. The number of carbonyl (C=O) groups is 1. The lowest BCUT2D eigenvalue weighted by molar-refractivity contribution is 0.0642. The zero-order valence-corrected chi connectivity index (χ0v) is 16.6. The second-order valence-electron chi connectivity index (χ2n) is 7.27. The molecule has 0 unspecified atom stereocenters. The molecule has 1 aliphatic rings. The van der Waals surface area contributed by atoms with E-state index in [9.17, 15) is 14.3 Å². The van der Waals surface area contributed by atoms with E-state index in [2.05, 4.69) is 15.4 Å². The molecule has 2 aromatic heterocycles. The van der Waals surface area contributed by atoms with Crippen molar-refractivity contribution in [2.45, 2.75) is 12.8 Å². The fraction of sp³-hybridized carbons (Fsp3) is 0.273. The van der Waals surface area contributed by atoms with Crippen LogP contribution in [0.5, 0.6) is 5.88 Å². The number of halogens is 1. The molecule has 0 spiro atoms. The molecular formula is C22H20FN5O3. The molecule has 0 atom stereocenters. The summed E-state index contributed by atoms with van der Waals surface area (Å²) in [6, 6.07) is 8.96. The number of carbonyl (C=O) groups excluding carboxylic acids is 1. The maximum atomic E-state index is 13.9. The standard InChI is InChI=1S/C22H20FN5O3/c23-19-9-15(1-2-16(19)10-24)18-13-27-28(22(18)30)20-4-3-17(12-25-20)21(29)26-11-14-5-7-31-8-6-14/h1-4,9,12-14,30H,5-8,11H2,(H,26,29). The predicted molar refractivity (Wildman–Crippen MR) is 109 cm³/mol. The molecule has 1 aliphatic heterocycles. The summed E-state index contributed by atoms with van der Waals surface area (Å²) in [5, 5.41) is 26.4. The Balaban J connectivity index is 1.47. The highest BCUT2D eigenvalue weighted by atomic mass is 19.1. The fourth-order valence-electron chi connectivity index (χ4n) is 3.42. The van der Waals surface area contributed by atoms with E-state index in [1.54, 1.807) is 18.2 Å². The van der Waals surface area contributed by atoms with E-state index in [0.29, 0.717) is 35.0 Å². The molecule has 1 saturated heterocycles. The SMILES string of the molecule is N#Cc1ccc(-c2cnn(-c3ccc(C(=O)NCC4CCOCC4)cn3)c2O)cc1F. The molecule has 158 valence electrons. The minimum atomic E-state index is -0.679. The second-order valence-corrected chi connectivity index (χ2v) is 7.27. The average molecular weight is 421 g/mol. The van der Waals surface area contributed by atoms with Crippen molar-refractivity contribution in [2.24, 2.45) is 5.92 Å². The number of aromatic nitrogens is 3. The summed E-state index contributed by atoms with van der Waals surface area (Å²) < 4.78 is 20.4. The number of pyridine rings is 1. The van der Waals surface area contributed by atoms with Crippen LogP contribution in [0.2, 0.25) is 0 Å². The van der Waals surface area contributed by atoms with E-state index in [-0.39, 0.29) is 17.4 Å². The van der Waals surface area contributed by atoms with Crippen molar-refractivity contribution in [2.75, 3.05) is 19.8 Å². The monoisotopic (exact) mass is 421 g/mol. The number of nitriles is 1. The first-order chi connectivity index (χ1) is 15.1. The van der Waals surface area contributed by atoms with Gasteiger partial charge in [-0.15, -0.1) is 0 Å². The van der Waals surface area contributed by atoms with Crippen molar-refractivity contribution in [1.82, 2.24) is 20.1 Å². The van der Waals surface area contributed by atoms with Gasteiger partial charge in [-0.05, 0) is 48.6 Å². The number of hydrogen-bond donors (Lipinski definition) is 2. The summed E-state index contributed by atoms with van der Waals surface area (Å²) in [5.41, 5.74) is 0.993. The van der Waals surface area contributed by atoms with E-state index in [1.807, 2.05) is 0 Å². The van der Waals surface area contributed by atoms with Crippen LogP contribution in [-0.2, 0) is 4.74 Å². The van der Waals surface area contributed by atoms with E-state index >= 15 is 0 Å². The Morgan fingerprint density at radius 3 is 2.77 bits per heavy atom. The molecular weight excluding hydrogens is 401 g/mol. The summed E-state index contributed by atoms with van der Waals surface area (Å²) in [4.78, 5) is 16.6. The number of hydrogen-bond acceptors (Lipinski definition) is 6. The second kappa shape index (κ2) is 8.93. The average Bonchev–Trinajstić information content (AvgIpc) is 3.19. The lowest BCUT2D eigenvalue weighted by Crippen LogP contribution is -2.32. The van der Waals surface area contributed by atoms with Gasteiger partial charge in [0, 0.05) is 26.0 Å². The first-order valence-electron chi connectivity index (χ1n) is 9.86. The maximum Gasteiger partial charge on any atom is 0.252 e. The van der Waals surface area contributed by atoms with Crippen LogP contribution >= 0.6 is 0 Å². The van der Waals surface area contributed by atoms with Gasteiger partial charge >= 0.3 is 0 Å². The fourth-order valence-corrected chi connectivity index (χ4v) is 3.42. The molecule has 3 heterocycles. The lowest BCUT2D eigenvalue weighted by atomic mass is 10.0. The number of aromatic hydroxyl groups is 1. The normalized spacial score (nSPS) is 14.2. The van der Waals surface area contributed by atoms with Gasteiger partial charge in [-0.2, -0.15) is 15.0 Å². The van der Waals surface area contributed by atoms with Gasteiger partial charge in [-0.1, -0.05) is 6.07 Å². The van der Waals surface area contributed by atoms with Crippen molar-refractivity contribution >= 4 is 5.91 Å². The molecule has 1 amide bonds. The molecule has 8 nitrogen and oxygen atoms in total. The van der Waals surface area contributed by atoms with Crippen LogP contribution in [0.15, 0.2) is 42.7 Å². The molecule has 0 bridgehead atoms. The van der Waals surface area contributed by atoms with Gasteiger partial charge in [0.1, 0.15) is 11.9 Å². The Hall–Kier alpha value is -3.77. The molecule has 2 N–H and O–H groups in total. The topological polar surface area (TPSA) is 113 Å². The van der Waals surface area contributed by atoms with Crippen LogP contribution in [0.4, 0.5) is 4.39 Å². The molecule has 0 radical (unpaired) electrons. The van der Waals surface area contributed by atoms with Crippen LogP contribution in [0.1, 0.15) is 28.8 Å². The smallest absolute Gasteiger partial charge is 0.252 e. The zero-order valence-electron chi connectivity index (χ0n) is 16.6. The first kappa shape index (κ1) is 20.5. The van der Waals surface area contributed by atoms with Gasteiger partial charge in [0.2, 0.25) is 5.88 Å². The Morgan fingerprint density at radius 1 is 1.29 bits per heavy atom. The van der Waals surface area contributed by atoms with E-state index in [1.165, 1.54) is 35.3 Å². The van der Waals surface area contributed by atoms with Gasteiger partial charge in [-0.25, -0.2) is 9.37 Å². The number of nitrogens with zero attached hydrogens (tertiary/aromatic N) is 4. The summed E-state index contributed by atoms with van der Waals surface area (Å²) in [6.07, 6.45) is 4.66. The third kappa shape index (κ3) is 4.39. The van der Waals surface area contributed by atoms with Crippen molar-refractivity contribution in [3.8, 4) is 28.9 Å². The minimum absolute atomic E-state index is 0.0806. The molecule has 1 aromatic carbocycles. The minimum Gasteiger partial charge on any atom is -0.493 e. The summed E-state index contributed by atoms with van der Waals surface area (Å²) >= 11 is 0. The van der Waals surface area contributed by atoms with Crippen molar-refractivity contribution in [3.63, 3.8) is 0 Å². The van der Waals surface area contributed by atoms with Crippen molar-refractivity contribution in [3.05, 3.63) is 59.7 Å². The highest BCUT2D eigenvalue weighted by Crippen LogP contribution is 2.31. The van der Waals surface area contributed by atoms with Gasteiger partial charge in [0.25, 0.3) is 5.91 Å². The molecule has 31 heavy (non-hydrogen) atoms. The van der Waals surface area contributed by atoms with E-state index in [4.69, 9.17) is 10.00 Å². The highest BCUT2D eigenvalue weighted by Gasteiger charge is 2.17. The van der Waals surface area contributed by atoms with Gasteiger partial charge in [0.05, 0.1) is 22.9 Å². The van der Waals surface area contributed by atoms with Crippen LogP contribution in [-0.4, -0.2) is 45.5 Å². The number of amides is 1. The molecule has 0 saturated carbocycles. The van der Waals surface area contributed by atoms with E-state index < -0.39 is 5.82 Å². The largest absolute Gasteiger partial charge is 0.493 e. The predicted octanol–water partition coefficient (Wildman–Crippen LogP) is 2.81. The molecule has 1 fully saturated rings. The maximum absolute atomic E-state index is 13.9. The van der Waals surface area contributed by atoms with Crippen molar-refractivity contribution in [1.29, 1.82) is 5.26 Å². The molecule has 4 rings (SSSR count). The van der Waals surface area contributed by atoms with Gasteiger partial charge in [-0.3, -0.25) is 4.79 Å². The van der Waals surface area contributed by atoms with Crippen LogP contribution in [0.25, 0.3) is 16.9 Å². The molecule has 0 aliphatic carbocycles. The lowest BCUT2D eigenvalue weighted by Gasteiger charge is -2.22. The summed E-state index contributed by atoms with van der Waals surface area (Å²) in [6.45, 7) is 2.04. The number of rotatable bonds is 5. The van der Waals surface area contributed by atoms with Crippen LogP contribution in [0.3, 0.4) is 0 Å². The first-order valence-corrected chi connectivity index (χ1v) is 9.86. The number of nitrogens with one attached hydrogen (secondary N) is 1. The number of benzene rings is 1. The number of ether oxygens (including phenoxy) is 1. The Kier molecular flexibility index (Phi) is 5.91. The van der Waals surface area contributed by atoms with Gasteiger partial charge in [0.15, 0.2) is 5.82 Å². The Morgan fingerprint density at radius 2 is 2.10 bits per heavy atom. The molecule has 3 aromatic rings. The van der Waals surface area contributed by atoms with Crippen molar-refractivity contribution < 1.29 is 19.0 Å². The zero-order chi connectivity index (χ0) is 21.8. The Labute approximate surface area is 177 Å². The molecule has 9 heteroatoms. The highest BCUT2D eigenvalue weighted by molar-refractivity contribution is 5.93. The summed E-state index contributed by atoms with van der Waals surface area (Å²) in [7, 11) is 0. The van der Waals surface area contributed by atoms with Crippen LogP contribution < -0.4 is 5.32 Å². The van der Waals surface area contributed by atoms with Gasteiger partial charge < -0.3 is 15.2 Å². The van der Waals surface area contributed by atoms with Crippen LogP contribution in [0, 0.1) is 23.1 Å². The summed E-state index contributed by atoms with van der Waals surface area (Å²) in [5.74, 6) is -0.408. The van der Waals surface area contributed by atoms with E-state index in [0.717, 1.165) is 26.1 Å².